The van der Waals surface area contributed by atoms with Gasteiger partial charge in [0.2, 0.25) is 0 Å². The van der Waals surface area contributed by atoms with Gasteiger partial charge in [-0.1, -0.05) is 41.9 Å². The Morgan fingerprint density at radius 2 is 2.00 bits per heavy atom. The molecule has 0 unspecified atom stereocenters. The van der Waals surface area contributed by atoms with Crippen LogP contribution in [0.3, 0.4) is 0 Å². The largest absolute Gasteiger partial charge is 0.464 e. The monoisotopic (exact) mass is 481 g/mol. The van der Waals surface area contributed by atoms with E-state index in [0.29, 0.717) is 23.0 Å². The fraction of sp³-hybridized carbons (Fsp3) is 0.360. The molecule has 1 N–H and O–H groups in total. The summed E-state index contributed by atoms with van der Waals surface area (Å²) in [5.41, 5.74) is 6.64. The van der Waals surface area contributed by atoms with E-state index in [9.17, 15) is 4.79 Å². The fourth-order valence-corrected chi connectivity index (χ4v) is 4.04. The maximum absolute atomic E-state index is 12.3. The maximum atomic E-state index is 12.3. The van der Waals surface area contributed by atoms with Gasteiger partial charge in [0.05, 0.1) is 38.3 Å². The van der Waals surface area contributed by atoms with E-state index in [2.05, 4.69) is 15.4 Å². The van der Waals surface area contributed by atoms with Gasteiger partial charge >= 0.3 is 5.97 Å². The predicted molar refractivity (Wildman–Crippen MR) is 135 cm³/mol. The number of esters is 1. The second-order valence-electron chi connectivity index (χ2n) is 7.97. The molecule has 0 radical (unpaired) electrons. The summed E-state index contributed by atoms with van der Waals surface area (Å²) in [4.78, 5) is 24.1. The van der Waals surface area contributed by atoms with Gasteiger partial charge in [-0.3, -0.25) is 15.3 Å². The zero-order valence-corrected chi connectivity index (χ0v) is 19.9. The Hall–Kier alpha value is -3.07. The van der Waals surface area contributed by atoms with Crippen molar-refractivity contribution >= 4 is 40.5 Å². The van der Waals surface area contributed by atoms with Crippen molar-refractivity contribution in [3.63, 3.8) is 0 Å². The summed E-state index contributed by atoms with van der Waals surface area (Å²) in [5.74, 6) is 0.0773. The Morgan fingerprint density at radius 1 is 1.21 bits per heavy atom. The van der Waals surface area contributed by atoms with Crippen LogP contribution in [-0.2, 0) is 14.3 Å². The molecule has 2 heterocycles. The van der Waals surface area contributed by atoms with Crippen LogP contribution in [0.15, 0.2) is 63.6 Å². The van der Waals surface area contributed by atoms with Crippen molar-refractivity contribution in [2.75, 3.05) is 46.5 Å². The van der Waals surface area contributed by atoms with Crippen molar-refractivity contribution in [2.24, 2.45) is 15.1 Å². The first-order valence-corrected chi connectivity index (χ1v) is 11.7. The Morgan fingerprint density at radius 3 is 2.76 bits per heavy atom. The van der Waals surface area contributed by atoms with Crippen LogP contribution in [0.25, 0.3) is 0 Å². The molecule has 0 atom stereocenters. The average Bonchev–Trinajstić information content (AvgIpc) is 3.05. The smallest absolute Gasteiger partial charge is 0.354 e. The number of benzene rings is 2. The molecule has 2 aromatic rings. The second-order valence-corrected chi connectivity index (χ2v) is 8.41. The molecule has 1 saturated heterocycles. The number of amidine groups is 1. The SMILES string of the molecule is COC(=O)/C(CCCN1CCOCC1)=N/NC1=Nc2ccc(Cl)cc2C(c2ccccc2)=NC1. The Kier molecular flexibility index (Phi) is 8.41. The normalized spacial score (nSPS) is 16.7. The second kappa shape index (κ2) is 11.9. The molecule has 9 heteroatoms. The third-order valence-electron chi connectivity index (χ3n) is 5.64. The Labute approximate surface area is 204 Å². The maximum Gasteiger partial charge on any atom is 0.354 e. The van der Waals surface area contributed by atoms with Crippen molar-refractivity contribution in [3.05, 3.63) is 64.7 Å². The van der Waals surface area contributed by atoms with E-state index in [1.165, 1.54) is 7.11 Å². The summed E-state index contributed by atoms with van der Waals surface area (Å²) in [6.45, 7) is 4.46. The summed E-state index contributed by atoms with van der Waals surface area (Å²) in [6.07, 6.45) is 1.29. The van der Waals surface area contributed by atoms with Gasteiger partial charge in [-0.15, -0.1) is 0 Å². The number of nitrogens with zero attached hydrogens (tertiary/aromatic N) is 4. The van der Waals surface area contributed by atoms with Crippen molar-refractivity contribution in [1.29, 1.82) is 0 Å². The number of hydrogen-bond donors (Lipinski definition) is 1. The van der Waals surface area contributed by atoms with Gasteiger partial charge in [0.25, 0.3) is 0 Å². The Bertz CT molecular complexity index is 1090. The minimum absolute atomic E-state index is 0.280. The highest BCUT2D eigenvalue weighted by Crippen LogP contribution is 2.28. The molecule has 1 fully saturated rings. The number of methoxy groups -OCH3 is 1. The molecule has 8 nitrogen and oxygen atoms in total. The molecule has 2 aliphatic rings. The van der Waals surface area contributed by atoms with Crippen LogP contribution in [0, 0.1) is 0 Å². The molecule has 0 spiro atoms. The van der Waals surface area contributed by atoms with Crippen LogP contribution in [0.2, 0.25) is 5.02 Å². The number of morpholine rings is 1. The lowest BCUT2D eigenvalue weighted by Crippen LogP contribution is -2.37. The van der Waals surface area contributed by atoms with E-state index in [1.807, 2.05) is 42.5 Å². The van der Waals surface area contributed by atoms with Gasteiger partial charge in [-0.2, -0.15) is 5.10 Å². The summed E-state index contributed by atoms with van der Waals surface area (Å²) in [7, 11) is 1.36. The van der Waals surface area contributed by atoms with Gasteiger partial charge < -0.3 is 9.47 Å². The predicted octanol–water partition coefficient (Wildman–Crippen LogP) is 3.45. The molecule has 178 valence electrons. The van der Waals surface area contributed by atoms with Crippen molar-refractivity contribution < 1.29 is 14.3 Å². The standard InChI is InChI=1S/C25H28ClN5O3/c1-33-25(32)22(8-5-11-31-12-14-34-15-13-31)29-30-23-17-27-24(18-6-3-2-4-7-18)20-16-19(26)9-10-21(20)28-23/h2-4,6-7,9-10,16H,5,8,11-15,17H2,1H3,(H,28,30)/b29-22+. The first kappa shape index (κ1) is 24.1. The molecule has 2 aromatic carbocycles. The van der Waals surface area contributed by atoms with Crippen molar-refractivity contribution in [2.45, 2.75) is 12.8 Å². The third-order valence-corrected chi connectivity index (χ3v) is 5.87. The molecule has 34 heavy (non-hydrogen) atoms. The Balaban J connectivity index is 1.51. The van der Waals surface area contributed by atoms with Crippen LogP contribution in [0.4, 0.5) is 5.69 Å². The number of nitrogens with one attached hydrogen (secondary N) is 1. The summed E-state index contributed by atoms with van der Waals surface area (Å²) in [5, 5.41) is 4.96. The van der Waals surface area contributed by atoms with Gasteiger partial charge in [0, 0.05) is 35.7 Å². The topological polar surface area (TPSA) is 87.9 Å². The highest BCUT2D eigenvalue weighted by Gasteiger charge is 2.18. The van der Waals surface area contributed by atoms with Gasteiger partial charge in [0.15, 0.2) is 0 Å². The van der Waals surface area contributed by atoms with Crippen LogP contribution in [-0.4, -0.2) is 74.6 Å². The first-order valence-electron chi connectivity index (χ1n) is 11.3. The van der Waals surface area contributed by atoms with Crippen molar-refractivity contribution in [3.8, 4) is 0 Å². The van der Waals surface area contributed by atoms with Crippen LogP contribution < -0.4 is 5.43 Å². The van der Waals surface area contributed by atoms with Crippen molar-refractivity contribution in [1.82, 2.24) is 10.3 Å². The molecule has 0 saturated carbocycles. The van der Waals surface area contributed by atoms with Gasteiger partial charge in [-0.25, -0.2) is 9.79 Å². The third kappa shape index (κ3) is 6.28. The van der Waals surface area contributed by atoms with Gasteiger partial charge in [0.1, 0.15) is 11.5 Å². The summed E-state index contributed by atoms with van der Waals surface area (Å²) >= 11 is 6.27. The number of carbonyl (C=O) groups excluding carboxylic acids is 1. The van der Waals surface area contributed by atoms with E-state index in [4.69, 9.17) is 31.1 Å². The molecule has 0 bridgehead atoms. The number of fused-ring (bicyclic) bond motifs is 1. The molecule has 0 aromatic heterocycles. The lowest BCUT2D eigenvalue weighted by molar-refractivity contribution is -0.132. The number of halogens is 1. The lowest BCUT2D eigenvalue weighted by Gasteiger charge is -2.26. The van der Waals surface area contributed by atoms with Crippen LogP contribution in [0.5, 0.6) is 0 Å². The lowest BCUT2D eigenvalue weighted by atomic mass is 10.0. The van der Waals surface area contributed by atoms with E-state index in [1.54, 1.807) is 6.07 Å². The molecule has 2 aliphatic heterocycles. The number of rotatable bonds is 7. The number of hydrazone groups is 1. The zero-order chi connectivity index (χ0) is 23.8. The molecule has 0 amide bonds. The fourth-order valence-electron chi connectivity index (χ4n) is 3.87. The summed E-state index contributed by atoms with van der Waals surface area (Å²) < 4.78 is 10.3. The quantitative estimate of drug-likeness (QED) is 0.372. The number of carbonyl (C=O) groups is 1. The van der Waals surface area contributed by atoms with E-state index in [-0.39, 0.29) is 6.54 Å². The molecular formula is C25H28ClN5O3. The molecular weight excluding hydrogens is 454 g/mol. The number of hydrogen-bond acceptors (Lipinski definition) is 8. The molecule has 4 rings (SSSR count). The van der Waals surface area contributed by atoms with Gasteiger partial charge in [-0.05, 0) is 31.2 Å². The van der Waals surface area contributed by atoms with E-state index < -0.39 is 5.97 Å². The highest BCUT2D eigenvalue weighted by molar-refractivity contribution is 6.36. The highest BCUT2D eigenvalue weighted by atomic mass is 35.5. The minimum atomic E-state index is -0.454. The molecule has 0 aliphatic carbocycles. The van der Waals surface area contributed by atoms with Crippen LogP contribution >= 0.6 is 11.6 Å². The first-order chi connectivity index (χ1) is 16.6. The zero-order valence-electron chi connectivity index (χ0n) is 19.2. The summed E-state index contributed by atoms with van der Waals surface area (Å²) in [6, 6.07) is 15.4. The number of aliphatic imine (C=N–C) groups is 2. The average molecular weight is 482 g/mol. The van der Waals surface area contributed by atoms with E-state index in [0.717, 1.165) is 61.8 Å². The minimum Gasteiger partial charge on any atom is -0.464 e. The van der Waals surface area contributed by atoms with Crippen LogP contribution in [0.1, 0.15) is 24.0 Å². The number of ether oxygens (including phenoxy) is 2. The van der Waals surface area contributed by atoms with E-state index >= 15 is 0 Å².